The van der Waals surface area contributed by atoms with Gasteiger partial charge in [-0.1, -0.05) is 109 Å². The zero-order valence-corrected chi connectivity index (χ0v) is 24.1. The topological polar surface area (TPSA) is 28.5 Å². The van der Waals surface area contributed by atoms with Crippen LogP contribution < -0.4 is 0 Å². The molecule has 4 heteroatoms. The summed E-state index contributed by atoms with van der Waals surface area (Å²) in [5, 5.41) is 1.24. The normalized spacial score (nSPS) is 15.0. The lowest BCUT2D eigenvalue weighted by Gasteiger charge is -2.40. The Hall–Kier alpha value is -4.15. The lowest BCUT2D eigenvalue weighted by molar-refractivity contribution is -0.133. The van der Waals surface area contributed by atoms with E-state index in [1.54, 1.807) is 0 Å². The molecule has 1 aliphatic heterocycles. The summed E-state index contributed by atoms with van der Waals surface area (Å²) in [5.41, 5.74) is 7.50. The summed E-state index contributed by atoms with van der Waals surface area (Å²) >= 11 is 0. The van der Waals surface area contributed by atoms with Crippen LogP contribution in [0.1, 0.15) is 53.1 Å². The molecular formula is C37H39N3O. The van der Waals surface area contributed by atoms with Gasteiger partial charge in [0.15, 0.2) is 0 Å². The lowest BCUT2D eigenvalue weighted by atomic mass is 9.87. The summed E-state index contributed by atoms with van der Waals surface area (Å²) in [6.07, 6.45) is 2.74. The highest BCUT2D eigenvalue weighted by Gasteiger charge is 2.30. The molecule has 1 saturated heterocycles. The number of amides is 1. The SMILES string of the molecule is CCn1cc([C@@H](CC(=O)N2CCN(C(c3ccccc3)c3ccccc3)CC2)c2ccc(C)cc2)c2ccccc21. The highest BCUT2D eigenvalue weighted by Crippen LogP contribution is 2.36. The zero-order chi connectivity index (χ0) is 28.2. The predicted molar refractivity (Wildman–Crippen MR) is 168 cm³/mol. The van der Waals surface area contributed by atoms with Crippen molar-refractivity contribution in [2.24, 2.45) is 0 Å². The molecule has 1 aromatic heterocycles. The Morgan fingerprint density at radius 1 is 0.707 bits per heavy atom. The predicted octanol–water partition coefficient (Wildman–Crippen LogP) is 7.43. The number of rotatable bonds is 8. The molecule has 0 saturated carbocycles. The first-order chi connectivity index (χ1) is 20.1. The fourth-order valence-corrected chi connectivity index (χ4v) is 6.44. The van der Waals surface area contributed by atoms with Gasteiger partial charge in [-0.2, -0.15) is 0 Å². The third-order valence-corrected chi connectivity index (χ3v) is 8.66. The minimum atomic E-state index is 0.0141. The van der Waals surface area contributed by atoms with Crippen LogP contribution in [0.4, 0.5) is 0 Å². The summed E-state index contributed by atoms with van der Waals surface area (Å²) < 4.78 is 2.31. The average Bonchev–Trinajstić information content (AvgIpc) is 3.40. The van der Waals surface area contributed by atoms with E-state index in [4.69, 9.17) is 0 Å². The number of aromatic nitrogens is 1. The van der Waals surface area contributed by atoms with Gasteiger partial charge in [-0.05, 0) is 42.2 Å². The molecule has 208 valence electrons. The van der Waals surface area contributed by atoms with Gasteiger partial charge >= 0.3 is 0 Å². The number of fused-ring (bicyclic) bond motifs is 1. The van der Waals surface area contributed by atoms with E-state index in [9.17, 15) is 4.79 Å². The maximum absolute atomic E-state index is 14.0. The van der Waals surface area contributed by atoms with Crippen LogP contribution >= 0.6 is 0 Å². The second-order valence-corrected chi connectivity index (χ2v) is 11.2. The lowest BCUT2D eigenvalue weighted by Crippen LogP contribution is -2.50. The van der Waals surface area contributed by atoms with Crippen LogP contribution in [0.2, 0.25) is 0 Å². The van der Waals surface area contributed by atoms with Crippen LogP contribution in [0, 0.1) is 6.92 Å². The Morgan fingerprint density at radius 3 is 1.90 bits per heavy atom. The molecule has 4 aromatic carbocycles. The fourth-order valence-electron chi connectivity index (χ4n) is 6.44. The van der Waals surface area contributed by atoms with Crippen LogP contribution in [0.15, 0.2) is 115 Å². The maximum Gasteiger partial charge on any atom is 0.223 e. The summed E-state index contributed by atoms with van der Waals surface area (Å²) in [7, 11) is 0. The smallest absolute Gasteiger partial charge is 0.223 e. The largest absolute Gasteiger partial charge is 0.347 e. The summed E-state index contributed by atoms with van der Waals surface area (Å²) in [6.45, 7) is 8.39. The number of para-hydroxylation sites is 1. The number of nitrogens with zero attached hydrogens (tertiary/aromatic N) is 3. The second-order valence-electron chi connectivity index (χ2n) is 11.2. The first-order valence-corrected chi connectivity index (χ1v) is 14.9. The van der Waals surface area contributed by atoms with Gasteiger partial charge in [0.05, 0.1) is 6.04 Å². The summed E-state index contributed by atoms with van der Waals surface area (Å²) in [5.74, 6) is 0.250. The molecule has 2 heterocycles. The molecule has 5 aromatic rings. The molecule has 0 aliphatic carbocycles. The van der Waals surface area contributed by atoms with E-state index >= 15 is 0 Å². The van der Waals surface area contributed by atoms with Crippen molar-refractivity contribution in [3.05, 3.63) is 143 Å². The van der Waals surface area contributed by atoms with Crippen molar-refractivity contribution in [1.82, 2.24) is 14.4 Å². The highest BCUT2D eigenvalue weighted by molar-refractivity contribution is 5.86. The Bertz CT molecular complexity index is 1540. The van der Waals surface area contributed by atoms with Gasteiger partial charge in [0.2, 0.25) is 5.91 Å². The molecule has 0 bridgehead atoms. The van der Waals surface area contributed by atoms with Crippen molar-refractivity contribution < 1.29 is 4.79 Å². The Balaban J connectivity index is 1.23. The second kappa shape index (κ2) is 12.2. The Kier molecular flexibility index (Phi) is 8.02. The number of piperazine rings is 1. The molecule has 1 amide bonds. The van der Waals surface area contributed by atoms with Gasteiger partial charge < -0.3 is 9.47 Å². The number of hydrogen-bond donors (Lipinski definition) is 0. The van der Waals surface area contributed by atoms with Crippen molar-refractivity contribution in [3.8, 4) is 0 Å². The number of aryl methyl sites for hydroxylation is 2. The number of benzene rings is 4. The molecular weight excluding hydrogens is 502 g/mol. The van der Waals surface area contributed by atoms with Gasteiger partial charge in [-0.3, -0.25) is 9.69 Å². The average molecular weight is 542 g/mol. The number of carbonyl (C=O) groups is 1. The van der Waals surface area contributed by atoms with E-state index in [1.165, 1.54) is 38.7 Å². The fraction of sp³-hybridized carbons (Fsp3) is 0.270. The molecule has 1 aliphatic rings. The minimum Gasteiger partial charge on any atom is -0.347 e. The van der Waals surface area contributed by atoms with E-state index in [0.29, 0.717) is 6.42 Å². The van der Waals surface area contributed by atoms with E-state index in [0.717, 1.165) is 32.7 Å². The van der Waals surface area contributed by atoms with Crippen LogP contribution in [0.5, 0.6) is 0 Å². The molecule has 0 N–H and O–H groups in total. The van der Waals surface area contributed by atoms with Crippen molar-refractivity contribution in [2.75, 3.05) is 26.2 Å². The van der Waals surface area contributed by atoms with E-state index < -0.39 is 0 Å². The van der Waals surface area contributed by atoms with Gasteiger partial charge in [-0.15, -0.1) is 0 Å². The molecule has 0 unspecified atom stereocenters. The van der Waals surface area contributed by atoms with Crippen LogP contribution in [0.3, 0.4) is 0 Å². The monoisotopic (exact) mass is 541 g/mol. The van der Waals surface area contributed by atoms with Gasteiger partial charge in [-0.25, -0.2) is 0 Å². The van der Waals surface area contributed by atoms with Gasteiger partial charge in [0, 0.05) is 62.2 Å². The van der Waals surface area contributed by atoms with Gasteiger partial charge in [0.25, 0.3) is 0 Å². The van der Waals surface area contributed by atoms with Gasteiger partial charge in [0.1, 0.15) is 0 Å². The van der Waals surface area contributed by atoms with Crippen molar-refractivity contribution in [2.45, 2.75) is 38.8 Å². The molecule has 4 nitrogen and oxygen atoms in total. The van der Waals surface area contributed by atoms with Crippen molar-refractivity contribution >= 4 is 16.8 Å². The van der Waals surface area contributed by atoms with E-state index in [2.05, 4.69) is 144 Å². The summed E-state index contributed by atoms with van der Waals surface area (Å²) in [6, 6.07) is 39.0. The molecule has 6 rings (SSSR count). The maximum atomic E-state index is 14.0. The molecule has 41 heavy (non-hydrogen) atoms. The molecule has 0 spiro atoms. The third kappa shape index (κ3) is 5.71. The Morgan fingerprint density at radius 2 is 1.29 bits per heavy atom. The Labute approximate surface area is 243 Å². The van der Waals surface area contributed by atoms with E-state index in [1.807, 2.05) is 0 Å². The number of carbonyl (C=O) groups excluding carboxylic acids is 1. The third-order valence-electron chi connectivity index (χ3n) is 8.66. The first kappa shape index (κ1) is 27.0. The van der Waals surface area contributed by atoms with Crippen molar-refractivity contribution in [1.29, 1.82) is 0 Å². The molecule has 1 fully saturated rings. The first-order valence-electron chi connectivity index (χ1n) is 14.9. The zero-order valence-electron chi connectivity index (χ0n) is 24.1. The van der Waals surface area contributed by atoms with Crippen LogP contribution in [0.25, 0.3) is 10.9 Å². The molecule has 1 atom stereocenters. The molecule has 0 radical (unpaired) electrons. The van der Waals surface area contributed by atoms with E-state index in [-0.39, 0.29) is 17.9 Å². The van der Waals surface area contributed by atoms with Crippen LogP contribution in [-0.2, 0) is 11.3 Å². The van der Waals surface area contributed by atoms with Crippen LogP contribution in [-0.4, -0.2) is 46.5 Å². The van der Waals surface area contributed by atoms with Crippen molar-refractivity contribution in [3.63, 3.8) is 0 Å². The summed E-state index contributed by atoms with van der Waals surface area (Å²) in [4.78, 5) is 18.6. The minimum absolute atomic E-state index is 0.0141. The number of hydrogen-bond acceptors (Lipinski definition) is 2. The quantitative estimate of drug-likeness (QED) is 0.204. The highest BCUT2D eigenvalue weighted by atomic mass is 16.2. The standard InChI is InChI=1S/C37H39N3O/c1-3-38-27-34(32-16-10-11-17-35(32)38)33(29-20-18-28(2)19-21-29)26-36(41)39-22-24-40(25-23-39)37(30-12-6-4-7-13-30)31-14-8-5-9-15-31/h4-21,27,33,37H,3,22-26H2,1-2H3/t33-/m0/s1.